The minimum absolute atomic E-state index is 0.317. The van der Waals surface area contributed by atoms with Gasteiger partial charge in [0.2, 0.25) is 0 Å². The second kappa shape index (κ2) is 7.48. The van der Waals surface area contributed by atoms with E-state index in [1.165, 1.54) is 24.8 Å². The molecule has 2 aliphatic heterocycles. The quantitative estimate of drug-likeness (QED) is 0.929. The van der Waals surface area contributed by atoms with E-state index in [2.05, 4.69) is 34.3 Å². The molecule has 1 fully saturated rings. The maximum absolute atomic E-state index is 5.02. The molecule has 2 aromatic heterocycles. The molecule has 1 atom stereocenters. The highest BCUT2D eigenvalue weighted by atomic mass is 15.2. The van der Waals surface area contributed by atoms with Gasteiger partial charge in [0.25, 0.3) is 0 Å². The normalized spacial score (nSPS) is 20.4. The van der Waals surface area contributed by atoms with Crippen LogP contribution in [0.1, 0.15) is 54.5 Å². The molecule has 0 saturated carbocycles. The lowest BCUT2D eigenvalue weighted by Crippen LogP contribution is -2.35. The van der Waals surface area contributed by atoms with Crippen LogP contribution in [-0.4, -0.2) is 34.6 Å². The molecule has 4 heterocycles. The SMILES string of the molecule is Cc1nc([C@@H]2CCCCN2)nc2c1CCCN2CCc1ccccn1. The number of rotatable bonds is 4. The van der Waals surface area contributed by atoms with E-state index in [4.69, 9.17) is 9.97 Å². The molecule has 0 spiro atoms. The fourth-order valence-corrected chi connectivity index (χ4v) is 3.95. The van der Waals surface area contributed by atoms with Gasteiger partial charge in [0.15, 0.2) is 0 Å². The zero-order valence-electron chi connectivity index (χ0n) is 15.0. The predicted octanol–water partition coefficient (Wildman–Crippen LogP) is 2.99. The second-order valence-electron chi connectivity index (χ2n) is 7.13. The first-order valence-corrected chi connectivity index (χ1v) is 9.57. The zero-order valence-corrected chi connectivity index (χ0v) is 15.0. The monoisotopic (exact) mass is 337 g/mol. The summed E-state index contributed by atoms with van der Waals surface area (Å²) in [5.41, 5.74) is 3.65. The van der Waals surface area contributed by atoms with Gasteiger partial charge in [-0.1, -0.05) is 12.5 Å². The third kappa shape index (κ3) is 3.66. The maximum Gasteiger partial charge on any atom is 0.147 e. The third-order valence-electron chi connectivity index (χ3n) is 5.35. The number of pyridine rings is 1. The van der Waals surface area contributed by atoms with Crippen molar-refractivity contribution in [2.45, 2.75) is 51.5 Å². The highest BCUT2D eigenvalue weighted by molar-refractivity contribution is 5.51. The van der Waals surface area contributed by atoms with Crippen LogP contribution >= 0.6 is 0 Å². The Morgan fingerprint density at radius 1 is 1.20 bits per heavy atom. The molecule has 5 heteroatoms. The number of anilines is 1. The van der Waals surface area contributed by atoms with Crippen molar-refractivity contribution in [3.8, 4) is 0 Å². The molecule has 0 bridgehead atoms. The van der Waals surface area contributed by atoms with Crippen molar-refractivity contribution in [2.24, 2.45) is 0 Å². The van der Waals surface area contributed by atoms with Crippen molar-refractivity contribution in [1.82, 2.24) is 20.3 Å². The van der Waals surface area contributed by atoms with Crippen LogP contribution in [0.4, 0.5) is 5.82 Å². The van der Waals surface area contributed by atoms with Crippen LogP contribution in [-0.2, 0) is 12.8 Å². The number of hydrogen-bond donors (Lipinski definition) is 1. The van der Waals surface area contributed by atoms with Crippen molar-refractivity contribution in [1.29, 1.82) is 0 Å². The number of piperidine rings is 1. The molecule has 2 aromatic rings. The van der Waals surface area contributed by atoms with E-state index >= 15 is 0 Å². The Bertz CT molecular complexity index is 710. The molecule has 0 unspecified atom stereocenters. The molecule has 25 heavy (non-hydrogen) atoms. The van der Waals surface area contributed by atoms with Gasteiger partial charge in [0, 0.05) is 42.7 Å². The fraction of sp³-hybridized carbons (Fsp3) is 0.550. The van der Waals surface area contributed by atoms with Crippen LogP contribution in [0.15, 0.2) is 24.4 Å². The first-order valence-electron chi connectivity index (χ1n) is 9.57. The molecule has 5 nitrogen and oxygen atoms in total. The number of aryl methyl sites for hydroxylation is 1. The smallest absolute Gasteiger partial charge is 0.147 e. The average Bonchev–Trinajstić information content (AvgIpc) is 2.68. The molecule has 2 aliphatic rings. The number of nitrogens with zero attached hydrogens (tertiary/aromatic N) is 4. The summed E-state index contributed by atoms with van der Waals surface area (Å²) in [6, 6.07) is 6.45. The third-order valence-corrected chi connectivity index (χ3v) is 5.35. The Labute approximate surface area is 149 Å². The van der Waals surface area contributed by atoms with Gasteiger partial charge in [-0.25, -0.2) is 9.97 Å². The van der Waals surface area contributed by atoms with Crippen LogP contribution in [0.3, 0.4) is 0 Å². The second-order valence-corrected chi connectivity index (χ2v) is 7.13. The van der Waals surface area contributed by atoms with Gasteiger partial charge < -0.3 is 10.2 Å². The molecule has 0 amide bonds. The lowest BCUT2D eigenvalue weighted by Gasteiger charge is -2.32. The van der Waals surface area contributed by atoms with Crippen molar-refractivity contribution in [3.05, 3.63) is 47.2 Å². The summed E-state index contributed by atoms with van der Waals surface area (Å²) in [4.78, 5) is 16.8. The van der Waals surface area contributed by atoms with E-state index < -0.39 is 0 Å². The molecule has 4 rings (SSSR count). The Hall–Kier alpha value is -2.01. The Balaban J connectivity index is 1.57. The fourth-order valence-electron chi connectivity index (χ4n) is 3.95. The summed E-state index contributed by atoms with van der Waals surface area (Å²) in [6.07, 6.45) is 8.78. The van der Waals surface area contributed by atoms with Gasteiger partial charge in [0.1, 0.15) is 11.6 Å². The van der Waals surface area contributed by atoms with Crippen molar-refractivity contribution < 1.29 is 0 Å². The van der Waals surface area contributed by atoms with Crippen LogP contribution in [0.5, 0.6) is 0 Å². The average molecular weight is 337 g/mol. The highest BCUT2D eigenvalue weighted by Crippen LogP contribution is 2.30. The van der Waals surface area contributed by atoms with E-state index in [9.17, 15) is 0 Å². The van der Waals surface area contributed by atoms with Crippen molar-refractivity contribution >= 4 is 5.82 Å². The van der Waals surface area contributed by atoms with Crippen LogP contribution in [0, 0.1) is 6.92 Å². The molecule has 132 valence electrons. The van der Waals surface area contributed by atoms with Gasteiger partial charge in [-0.2, -0.15) is 0 Å². The van der Waals surface area contributed by atoms with E-state index in [1.54, 1.807) is 0 Å². The Morgan fingerprint density at radius 3 is 2.96 bits per heavy atom. The summed E-state index contributed by atoms with van der Waals surface area (Å²) in [5, 5.41) is 3.59. The largest absolute Gasteiger partial charge is 0.356 e. The van der Waals surface area contributed by atoms with Crippen LogP contribution < -0.4 is 10.2 Å². The lowest BCUT2D eigenvalue weighted by molar-refractivity contribution is 0.396. The van der Waals surface area contributed by atoms with Gasteiger partial charge in [0.05, 0.1) is 6.04 Å². The van der Waals surface area contributed by atoms with Gasteiger partial charge in [-0.05, 0) is 51.3 Å². The summed E-state index contributed by atoms with van der Waals surface area (Å²) in [6.45, 7) is 5.27. The van der Waals surface area contributed by atoms with Crippen LogP contribution in [0.2, 0.25) is 0 Å². The molecule has 0 aliphatic carbocycles. The van der Waals surface area contributed by atoms with E-state index in [-0.39, 0.29) is 0 Å². The number of hydrogen-bond acceptors (Lipinski definition) is 5. The first-order chi connectivity index (χ1) is 12.3. The Kier molecular flexibility index (Phi) is 4.92. The summed E-state index contributed by atoms with van der Waals surface area (Å²) in [5.74, 6) is 2.15. The summed E-state index contributed by atoms with van der Waals surface area (Å²) < 4.78 is 0. The van der Waals surface area contributed by atoms with Gasteiger partial charge >= 0.3 is 0 Å². The van der Waals surface area contributed by atoms with Gasteiger partial charge in [-0.3, -0.25) is 4.98 Å². The van der Waals surface area contributed by atoms with Crippen LogP contribution in [0.25, 0.3) is 0 Å². The molecule has 1 N–H and O–H groups in total. The van der Waals surface area contributed by atoms with Crippen molar-refractivity contribution in [2.75, 3.05) is 24.5 Å². The minimum atomic E-state index is 0.317. The van der Waals surface area contributed by atoms with Crippen molar-refractivity contribution in [3.63, 3.8) is 0 Å². The number of fused-ring (bicyclic) bond motifs is 1. The molecular weight excluding hydrogens is 310 g/mol. The maximum atomic E-state index is 5.02. The Morgan fingerprint density at radius 2 is 2.16 bits per heavy atom. The molecular formula is C20H27N5. The van der Waals surface area contributed by atoms with E-state index in [0.29, 0.717) is 6.04 Å². The molecule has 1 saturated heterocycles. The standard InChI is InChI=1S/C20H27N5/c1-15-17-8-6-13-25(14-10-16-7-2-4-11-21-16)20(17)24-19(23-15)18-9-3-5-12-22-18/h2,4,7,11,18,22H,3,5-6,8-10,12-14H2,1H3/t18-/m0/s1. The molecule has 0 aromatic carbocycles. The lowest BCUT2D eigenvalue weighted by atomic mass is 10.0. The highest BCUT2D eigenvalue weighted by Gasteiger charge is 2.25. The van der Waals surface area contributed by atoms with E-state index in [1.807, 2.05) is 12.3 Å². The zero-order chi connectivity index (χ0) is 17.1. The summed E-state index contributed by atoms with van der Waals surface area (Å²) in [7, 11) is 0. The molecule has 0 radical (unpaired) electrons. The number of nitrogens with one attached hydrogen (secondary N) is 1. The topological polar surface area (TPSA) is 53.9 Å². The van der Waals surface area contributed by atoms with Gasteiger partial charge in [-0.15, -0.1) is 0 Å². The predicted molar refractivity (Wildman–Crippen MR) is 99.8 cm³/mol. The van der Waals surface area contributed by atoms with E-state index in [0.717, 1.165) is 61.9 Å². The number of aromatic nitrogens is 3. The minimum Gasteiger partial charge on any atom is -0.356 e. The first kappa shape index (κ1) is 16.5. The summed E-state index contributed by atoms with van der Waals surface area (Å²) >= 11 is 0.